The lowest BCUT2D eigenvalue weighted by Gasteiger charge is -2.16. The first kappa shape index (κ1) is 30.5. The molecule has 0 unspecified atom stereocenters. The number of carboxylic acids is 2. The summed E-state index contributed by atoms with van der Waals surface area (Å²) in [6.45, 7) is 3.85. The maximum atomic E-state index is 12.5. The van der Waals surface area contributed by atoms with Crippen LogP contribution in [-0.2, 0) is 27.5 Å². The molecule has 2 atom stereocenters. The number of carboxylic acid groups (broad SMARTS) is 2. The molecular formula is C28H31N3O10S. The first-order valence-corrected chi connectivity index (χ1v) is 14.0. The summed E-state index contributed by atoms with van der Waals surface area (Å²) in [7, 11) is 1.48. The lowest BCUT2D eigenvalue weighted by Crippen LogP contribution is -2.28. The van der Waals surface area contributed by atoms with E-state index in [2.05, 4.69) is 9.97 Å². The Balaban J connectivity index is 1.31. The van der Waals surface area contributed by atoms with E-state index in [0.717, 1.165) is 16.9 Å². The topological polar surface area (TPSA) is 186 Å². The maximum absolute atomic E-state index is 12.5. The third-order valence-corrected chi connectivity index (χ3v) is 7.82. The number of hydrogen-bond acceptors (Lipinski definition) is 11. The van der Waals surface area contributed by atoms with Crippen LogP contribution < -0.4 is 14.2 Å². The molecule has 14 heteroatoms. The summed E-state index contributed by atoms with van der Waals surface area (Å²) in [5, 5.41) is 28.5. The van der Waals surface area contributed by atoms with Crippen LogP contribution >= 0.6 is 11.3 Å². The van der Waals surface area contributed by atoms with Gasteiger partial charge in [0.15, 0.2) is 17.3 Å². The first-order chi connectivity index (χ1) is 20.0. The minimum atomic E-state index is -1.05. The zero-order chi connectivity index (χ0) is 30.6. The fraction of sp³-hybridized carbons (Fsp3) is 0.429. The van der Waals surface area contributed by atoms with E-state index in [1.165, 1.54) is 27.0 Å². The van der Waals surface area contributed by atoms with Gasteiger partial charge in [0.2, 0.25) is 5.91 Å². The second-order valence-electron chi connectivity index (χ2n) is 10.0. The number of carbonyl (C=O) groups excluding carboxylic acids is 2. The fourth-order valence-corrected chi connectivity index (χ4v) is 5.20. The van der Waals surface area contributed by atoms with Crippen LogP contribution in [0.3, 0.4) is 0 Å². The second-order valence-corrected chi connectivity index (χ2v) is 11.1. The molecule has 224 valence electrons. The number of fused-ring (bicyclic) bond motifs is 2. The average molecular weight is 602 g/mol. The van der Waals surface area contributed by atoms with Gasteiger partial charge in [-0.15, -0.1) is 11.3 Å². The molecule has 1 amide bonds. The lowest BCUT2D eigenvalue weighted by molar-refractivity contribution is -0.145. The number of thiophene rings is 1. The first-order valence-electron chi connectivity index (χ1n) is 13.2. The molecule has 0 aromatic carbocycles. The number of aromatic hydroxyl groups is 1. The van der Waals surface area contributed by atoms with Gasteiger partial charge in [0.1, 0.15) is 0 Å². The summed E-state index contributed by atoms with van der Waals surface area (Å²) in [6.07, 6.45) is 0.169. The van der Waals surface area contributed by atoms with Crippen molar-refractivity contribution in [1.82, 2.24) is 14.9 Å². The molecule has 0 radical (unpaired) electrons. The van der Waals surface area contributed by atoms with Crippen LogP contribution in [0.25, 0.3) is 10.2 Å². The number of ketones is 1. The molecule has 0 aliphatic carbocycles. The van der Waals surface area contributed by atoms with Crippen molar-refractivity contribution in [3.8, 4) is 23.3 Å². The van der Waals surface area contributed by atoms with Crippen molar-refractivity contribution < 1.29 is 48.7 Å². The predicted octanol–water partition coefficient (Wildman–Crippen LogP) is 3.50. The largest absolute Gasteiger partial charge is 0.503 e. The van der Waals surface area contributed by atoms with E-state index in [0.29, 0.717) is 39.5 Å². The number of methoxy groups -OCH3 is 1. The van der Waals surface area contributed by atoms with Gasteiger partial charge in [-0.2, -0.15) is 0 Å². The van der Waals surface area contributed by atoms with Gasteiger partial charge in [-0.25, -0.2) is 9.97 Å². The zero-order valence-corrected chi connectivity index (χ0v) is 24.1. The number of hydrogen-bond donors (Lipinski definition) is 3. The second kappa shape index (κ2) is 13.0. The van der Waals surface area contributed by atoms with Gasteiger partial charge >= 0.3 is 11.9 Å². The zero-order valence-electron chi connectivity index (χ0n) is 23.3. The number of nitrogens with zero attached hydrogens (tertiary/aromatic N) is 3. The Morgan fingerprint density at radius 3 is 2.29 bits per heavy atom. The molecule has 0 bridgehead atoms. The molecule has 3 N–H and O–H groups in total. The summed E-state index contributed by atoms with van der Waals surface area (Å²) in [6, 6.07) is 4.76. The third-order valence-electron chi connectivity index (χ3n) is 6.70. The van der Waals surface area contributed by atoms with E-state index < -0.39 is 23.8 Å². The Hall–Kier alpha value is -4.46. The van der Waals surface area contributed by atoms with Gasteiger partial charge in [0.05, 0.1) is 59.5 Å². The molecule has 13 nitrogen and oxygen atoms in total. The Morgan fingerprint density at radius 2 is 1.62 bits per heavy atom. The standard InChI is InChI=1S/C28H31N3O10S/c1-14(27(35)36)7-19(32)23-10-17-22(42-23)11-20(33)25(29-17)40-5-4-6-41-26-21(39-3)9-16-12-31(13-18(16)30-26)24(34)8-15(2)28(37)38/h9-11,14-15,33H,4-8,12-13H2,1-3H3,(H,35,36)(H,37,38)/t14-,15-/m0/s1. The number of ether oxygens (including phenoxy) is 3. The van der Waals surface area contributed by atoms with Crippen molar-refractivity contribution in [2.24, 2.45) is 11.8 Å². The Kier molecular flexibility index (Phi) is 9.45. The Morgan fingerprint density at radius 1 is 0.952 bits per heavy atom. The highest BCUT2D eigenvalue weighted by molar-refractivity contribution is 7.20. The Bertz CT molecular complexity index is 1520. The van der Waals surface area contributed by atoms with Crippen molar-refractivity contribution in [3.63, 3.8) is 0 Å². The molecule has 0 fully saturated rings. The lowest BCUT2D eigenvalue weighted by atomic mass is 10.0. The van der Waals surface area contributed by atoms with Crippen molar-refractivity contribution in [2.75, 3.05) is 20.3 Å². The van der Waals surface area contributed by atoms with Crippen LogP contribution in [0.15, 0.2) is 18.2 Å². The van der Waals surface area contributed by atoms with Gasteiger partial charge in [-0.1, -0.05) is 13.8 Å². The van der Waals surface area contributed by atoms with Gasteiger partial charge in [0.25, 0.3) is 11.8 Å². The number of rotatable bonds is 14. The summed E-state index contributed by atoms with van der Waals surface area (Å²) in [5.41, 5.74) is 1.89. The molecule has 0 saturated heterocycles. The predicted molar refractivity (Wildman–Crippen MR) is 149 cm³/mol. The highest BCUT2D eigenvalue weighted by atomic mass is 32.1. The van der Waals surface area contributed by atoms with Gasteiger partial charge < -0.3 is 34.4 Å². The van der Waals surface area contributed by atoms with Crippen LogP contribution in [0.4, 0.5) is 0 Å². The van der Waals surface area contributed by atoms with Crippen molar-refractivity contribution in [3.05, 3.63) is 34.3 Å². The van der Waals surface area contributed by atoms with Gasteiger partial charge in [-0.3, -0.25) is 19.2 Å². The molecule has 4 heterocycles. The quantitative estimate of drug-likeness (QED) is 0.181. The molecule has 4 rings (SSSR count). The molecule has 3 aromatic heterocycles. The SMILES string of the molecule is COc1cc2c(nc1OCCCOc1nc3cc(C(=O)C[C@H](C)C(=O)O)sc3cc1O)CN(C(=O)C[C@H](C)C(=O)O)C2. The summed E-state index contributed by atoms with van der Waals surface area (Å²) in [5.74, 6) is -3.80. The van der Waals surface area contributed by atoms with Gasteiger partial charge in [0, 0.05) is 31.9 Å². The van der Waals surface area contributed by atoms with E-state index in [1.54, 1.807) is 17.0 Å². The molecule has 42 heavy (non-hydrogen) atoms. The van der Waals surface area contributed by atoms with E-state index in [1.807, 2.05) is 0 Å². The molecule has 0 spiro atoms. The maximum Gasteiger partial charge on any atom is 0.306 e. The van der Waals surface area contributed by atoms with Crippen LogP contribution in [-0.4, -0.2) is 74.1 Å². The minimum absolute atomic E-state index is 0.00610. The van der Waals surface area contributed by atoms with E-state index in [4.69, 9.17) is 24.4 Å². The van der Waals surface area contributed by atoms with E-state index in [-0.39, 0.29) is 61.8 Å². The van der Waals surface area contributed by atoms with Crippen molar-refractivity contribution in [1.29, 1.82) is 0 Å². The smallest absolute Gasteiger partial charge is 0.306 e. The molecule has 0 saturated carbocycles. The number of aliphatic carboxylic acids is 2. The number of carbonyl (C=O) groups is 4. The van der Waals surface area contributed by atoms with Crippen LogP contribution in [0.5, 0.6) is 23.3 Å². The highest BCUT2D eigenvalue weighted by Crippen LogP contribution is 2.35. The molecule has 1 aliphatic rings. The molecular weight excluding hydrogens is 570 g/mol. The summed E-state index contributed by atoms with van der Waals surface area (Å²) >= 11 is 1.12. The van der Waals surface area contributed by atoms with Crippen molar-refractivity contribution in [2.45, 2.75) is 46.2 Å². The average Bonchev–Trinajstić information content (AvgIpc) is 3.55. The summed E-state index contributed by atoms with van der Waals surface area (Å²) in [4.78, 5) is 57.8. The highest BCUT2D eigenvalue weighted by Gasteiger charge is 2.29. The number of Topliss-reactive ketones (excluding diaryl/α,β-unsaturated/α-hetero) is 1. The molecule has 1 aliphatic heterocycles. The summed E-state index contributed by atoms with van der Waals surface area (Å²) < 4.78 is 17.4. The minimum Gasteiger partial charge on any atom is -0.503 e. The van der Waals surface area contributed by atoms with Crippen molar-refractivity contribution >= 4 is 45.2 Å². The number of amides is 1. The monoisotopic (exact) mass is 601 g/mol. The fourth-order valence-electron chi connectivity index (χ4n) is 4.22. The number of aromatic nitrogens is 2. The van der Waals surface area contributed by atoms with Crippen LogP contribution in [0, 0.1) is 11.8 Å². The van der Waals surface area contributed by atoms with E-state index >= 15 is 0 Å². The van der Waals surface area contributed by atoms with E-state index in [9.17, 15) is 24.3 Å². The normalized spacial score (nSPS) is 13.8. The molecule has 3 aromatic rings. The van der Waals surface area contributed by atoms with Crippen LogP contribution in [0.1, 0.15) is 54.0 Å². The third kappa shape index (κ3) is 7.05. The Labute approximate surface area is 244 Å². The number of pyridine rings is 2. The van der Waals surface area contributed by atoms with Crippen LogP contribution in [0.2, 0.25) is 0 Å². The van der Waals surface area contributed by atoms with Gasteiger partial charge in [-0.05, 0) is 17.7 Å².